The van der Waals surface area contributed by atoms with E-state index in [1.54, 1.807) is 25.1 Å². The average Bonchev–Trinajstić information content (AvgIpc) is 3.43. The smallest absolute Gasteiger partial charge is 0.228 e. The molecule has 0 radical (unpaired) electrons. The number of rotatable bonds is 6. The van der Waals surface area contributed by atoms with Crippen molar-refractivity contribution in [3.05, 3.63) is 113 Å². The van der Waals surface area contributed by atoms with Gasteiger partial charge in [0, 0.05) is 11.5 Å². The molecule has 7 rings (SSSR count). The third kappa shape index (κ3) is 4.10. The number of aromatic nitrogens is 4. The van der Waals surface area contributed by atoms with Gasteiger partial charge in [-0.15, -0.1) is 5.10 Å². The first kappa shape index (κ1) is 24.9. The highest BCUT2D eigenvalue weighted by molar-refractivity contribution is 5.91. The van der Waals surface area contributed by atoms with E-state index in [2.05, 4.69) is 49.2 Å². The van der Waals surface area contributed by atoms with Crippen LogP contribution in [0, 0.1) is 13.8 Å². The zero-order valence-electron chi connectivity index (χ0n) is 23.2. The zero-order valence-corrected chi connectivity index (χ0v) is 23.2. The SMILES string of the molecule is COc1ccc(C2c3c(ccc4ccccc34)Oc3ncn4nc(COc5cccc(C)c5C)nc4c32)cc1OC. The molecular formula is C33H28N4O4. The molecular weight excluding hydrogens is 516 g/mol. The maximum Gasteiger partial charge on any atom is 0.228 e. The summed E-state index contributed by atoms with van der Waals surface area (Å²) < 4.78 is 25.5. The number of methoxy groups -OCH3 is 2. The van der Waals surface area contributed by atoms with Crippen molar-refractivity contribution in [2.45, 2.75) is 26.4 Å². The Morgan fingerprint density at radius 2 is 1.71 bits per heavy atom. The lowest BCUT2D eigenvalue weighted by atomic mass is 9.81. The first-order chi connectivity index (χ1) is 20.1. The molecule has 0 N–H and O–H groups in total. The average molecular weight is 545 g/mol. The van der Waals surface area contributed by atoms with E-state index in [1.165, 1.54) is 5.56 Å². The minimum Gasteiger partial charge on any atom is -0.493 e. The van der Waals surface area contributed by atoms with E-state index in [0.717, 1.165) is 44.5 Å². The Morgan fingerprint density at radius 3 is 2.56 bits per heavy atom. The lowest BCUT2D eigenvalue weighted by Gasteiger charge is -2.29. The second-order valence-corrected chi connectivity index (χ2v) is 10.1. The van der Waals surface area contributed by atoms with Crippen LogP contribution in [-0.2, 0) is 6.61 Å². The van der Waals surface area contributed by atoms with Crippen LogP contribution in [0.25, 0.3) is 16.4 Å². The molecule has 0 saturated carbocycles. The Hall–Kier alpha value is -5.11. The van der Waals surface area contributed by atoms with Crippen LogP contribution in [0.5, 0.6) is 28.9 Å². The van der Waals surface area contributed by atoms with Gasteiger partial charge in [-0.25, -0.2) is 14.5 Å². The molecule has 204 valence electrons. The Kier molecular flexibility index (Phi) is 5.96. The fourth-order valence-electron chi connectivity index (χ4n) is 5.60. The quantitative estimate of drug-likeness (QED) is 0.228. The minimum atomic E-state index is -0.257. The van der Waals surface area contributed by atoms with E-state index < -0.39 is 0 Å². The summed E-state index contributed by atoms with van der Waals surface area (Å²) in [5.74, 6) is 3.66. The number of nitrogens with zero attached hydrogens (tertiary/aromatic N) is 4. The Morgan fingerprint density at radius 1 is 0.854 bits per heavy atom. The maximum atomic E-state index is 6.43. The highest BCUT2D eigenvalue weighted by Crippen LogP contribution is 2.51. The van der Waals surface area contributed by atoms with Gasteiger partial charge in [-0.05, 0) is 65.6 Å². The van der Waals surface area contributed by atoms with Crippen LogP contribution in [0.3, 0.4) is 0 Å². The summed E-state index contributed by atoms with van der Waals surface area (Å²) >= 11 is 0. The molecule has 0 spiro atoms. The van der Waals surface area contributed by atoms with Crippen LogP contribution >= 0.6 is 0 Å². The van der Waals surface area contributed by atoms with Crippen molar-refractivity contribution in [1.82, 2.24) is 19.6 Å². The molecule has 3 heterocycles. The molecule has 0 fully saturated rings. The Labute approximate surface area is 237 Å². The maximum absolute atomic E-state index is 6.43. The van der Waals surface area contributed by atoms with E-state index >= 15 is 0 Å². The lowest BCUT2D eigenvalue weighted by molar-refractivity contribution is 0.294. The number of hydrogen-bond donors (Lipinski definition) is 0. The highest BCUT2D eigenvalue weighted by atomic mass is 16.5. The summed E-state index contributed by atoms with van der Waals surface area (Å²) in [6, 6.07) is 24.4. The minimum absolute atomic E-state index is 0.224. The van der Waals surface area contributed by atoms with Crippen LogP contribution in [-0.4, -0.2) is 33.8 Å². The third-order valence-electron chi connectivity index (χ3n) is 7.80. The van der Waals surface area contributed by atoms with Gasteiger partial charge in [0.1, 0.15) is 24.4 Å². The fourth-order valence-corrected chi connectivity index (χ4v) is 5.60. The van der Waals surface area contributed by atoms with Crippen LogP contribution in [0.15, 0.2) is 79.1 Å². The summed E-state index contributed by atoms with van der Waals surface area (Å²) in [7, 11) is 3.28. The van der Waals surface area contributed by atoms with Crippen molar-refractivity contribution in [3.63, 3.8) is 0 Å². The van der Waals surface area contributed by atoms with Crippen molar-refractivity contribution in [1.29, 1.82) is 0 Å². The van der Waals surface area contributed by atoms with Gasteiger partial charge in [-0.1, -0.05) is 48.5 Å². The summed E-state index contributed by atoms with van der Waals surface area (Å²) in [4.78, 5) is 9.63. The van der Waals surface area contributed by atoms with E-state index in [0.29, 0.717) is 28.9 Å². The van der Waals surface area contributed by atoms with E-state index in [9.17, 15) is 0 Å². The van der Waals surface area contributed by atoms with Gasteiger partial charge < -0.3 is 18.9 Å². The number of fused-ring (bicyclic) bond motifs is 6. The van der Waals surface area contributed by atoms with Crippen LogP contribution in [0.4, 0.5) is 0 Å². The number of benzene rings is 4. The standard InChI is InChI=1S/C33H28N4O4/c1-19-8-7-11-24(20(19)2)40-17-28-35-32-31-29(22-13-14-25(38-3)27(16-22)39-4)30-23-10-6-5-9-21(23)12-15-26(30)41-33(31)34-18-37(32)36-28/h5-16,18,29H,17H2,1-4H3. The molecule has 1 unspecified atom stereocenters. The van der Waals surface area contributed by atoms with Gasteiger partial charge in [-0.2, -0.15) is 0 Å². The van der Waals surface area contributed by atoms with E-state index in [1.807, 2.05) is 42.5 Å². The topological polar surface area (TPSA) is 80.0 Å². The van der Waals surface area contributed by atoms with Gasteiger partial charge in [0.25, 0.3) is 0 Å². The van der Waals surface area contributed by atoms with Crippen LogP contribution in [0.1, 0.15) is 39.6 Å². The summed E-state index contributed by atoms with van der Waals surface area (Å²) in [6.07, 6.45) is 1.64. The largest absolute Gasteiger partial charge is 0.493 e. The second kappa shape index (κ2) is 9.82. The molecule has 1 atom stereocenters. The second-order valence-electron chi connectivity index (χ2n) is 10.1. The van der Waals surface area contributed by atoms with Crippen LogP contribution < -0.4 is 18.9 Å². The Bertz CT molecular complexity index is 1950. The van der Waals surface area contributed by atoms with Crippen molar-refractivity contribution < 1.29 is 18.9 Å². The Balaban J connectivity index is 1.41. The lowest BCUT2D eigenvalue weighted by Crippen LogP contribution is -2.15. The molecule has 0 bridgehead atoms. The van der Waals surface area contributed by atoms with E-state index in [4.69, 9.17) is 29.0 Å². The number of ether oxygens (including phenoxy) is 4. The van der Waals surface area contributed by atoms with Crippen molar-refractivity contribution >= 4 is 16.4 Å². The van der Waals surface area contributed by atoms with Gasteiger partial charge in [-0.3, -0.25) is 0 Å². The molecule has 8 heteroatoms. The molecule has 6 aromatic rings. The molecule has 1 aliphatic rings. The molecule has 2 aromatic heterocycles. The van der Waals surface area contributed by atoms with E-state index in [-0.39, 0.29) is 12.5 Å². The normalized spacial score (nSPS) is 13.9. The molecule has 0 saturated heterocycles. The highest BCUT2D eigenvalue weighted by Gasteiger charge is 2.35. The molecule has 0 aliphatic carbocycles. The number of aryl methyl sites for hydroxylation is 1. The first-order valence-corrected chi connectivity index (χ1v) is 13.4. The van der Waals surface area contributed by atoms with Crippen molar-refractivity contribution in [2.24, 2.45) is 0 Å². The van der Waals surface area contributed by atoms with Gasteiger partial charge in [0.2, 0.25) is 5.88 Å². The molecule has 4 aromatic carbocycles. The third-order valence-corrected chi connectivity index (χ3v) is 7.80. The van der Waals surface area contributed by atoms with Gasteiger partial charge in [0.15, 0.2) is 23.0 Å². The molecule has 41 heavy (non-hydrogen) atoms. The monoisotopic (exact) mass is 544 g/mol. The van der Waals surface area contributed by atoms with Crippen LogP contribution in [0.2, 0.25) is 0 Å². The molecule has 1 aliphatic heterocycles. The predicted octanol–water partition coefficient (Wildman–Crippen LogP) is 6.78. The number of hydrogen-bond acceptors (Lipinski definition) is 7. The zero-order chi connectivity index (χ0) is 28.1. The molecule has 0 amide bonds. The summed E-state index contributed by atoms with van der Waals surface area (Å²) in [6.45, 7) is 4.34. The van der Waals surface area contributed by atoms with Gasteiger partial charge >= 0.3 is 0 Å². The first-order valence-electron chi connectivity index (χ1n) is 13.4. The predicted molar refractivity (Wildman–Crippen MR) is 156 cm³/mol. The van der Waals surface area contributed by atoms with Crippen molar-refractivity contribution in [3.8, 4) is 28.9 Å². The molecule has 8 nitrogen and oxygen atoms in total. The fraction of sp³-hybridized carbons (Fsp3) is 0.182. The summed E-state index contributed by atoms with van der Waals surface area (Å²) in [5.41, 5.74) is 5.79. The van der Waals surface area contributed by atoms with Crippen molar-refractivity contribution in [2.75, 3.05) is 14.2 Å². The summed E-state index contributed by atoms with van der Waals surface area (Å²) in [5, 5.41) is 6.92. The van der Waals surface area contributed by atoms with Gasteiger partial charge in [0.05, 0.1) is 19.8 Å².